The molecule has 0 amide bonds. The molecule has 106 valence electrons. The van der Waals surface area contributed by atoms with Gasteiger partial charge in [0.25, 0.3) is 0 Å². The number of nitrogens with zero attached hydrogens (tertiary/aromatic N) is 1. The Hall–Kier alpha value is -0.900. The maximum atomic E-state index is 5.68. The Bertz CT molecular complexity index is 415. The van der Waals surface area contributed by atoms with Crippen LogP contribution in [0.5, 0.6) is 0 Å². The summed E-state index contributed by atoms with van der Waals surface area (Å²) in [4.78, 5) is 2.24. The van der Waals surface area contributed by atoms with Gasteiger partial charge in [-0.15, -0.1) is 0 Å². The Labute approximate surface area is 116 Å². The summed E-state index contributed by atoms with van der Waals surface area (Å²) < 4.78 is 5.68. The van der Waals surface area contributed by atoms with Crippen LogP contribution in [0.3, 0.4) is 0 Å². The van der Waals surface area contributed by atoms with Gasteiger partial charge in [0.2, 0.25) is 0 Å². The Kier molecular flexibility index (Phi) is 4.61. The summed E-state index contributed by atoms with van der Waals surface area (Å²) in [6.07, 6.45) is 0. The zero-order chi connectivity index (χ0) is 13.9. The van der Waals surface area contributed by atoms with E-state index in [1.165, 1.54) is 11.1 Å². The number of benzene rings is 1. The zero-order valence-electron chi connectivity index (χ0n) is 12.6. The predicted molar refractivity (Wildman–Crippen MR) is 79.2 cm³/mol. The second-order valence-electron chi connectivity index (χ2n) is 6.55. The lowest BCUT2D eigenvalue weighted by molar-refractivity contribution is 0.0774. The molecule has 1 atom stereocenters. The average Bonchev–Trinajstić information content (AvgIpc) is 2.35. The fourth-order valence-corrected chi connectivity index (χ4v) is 2.86. The van der Waals surface area contributed by atoms with Crippen molar-refractivity contribution in [2.24, 2.45) is 5.41 Å². The van der Waals surface area contributed by atoms with Crippen LogP contribution in [-0.2, 0) is 11.3 Å². The summed E-state index contributed by atoms with van der Waals surface area (Å²) in [5, 5.41) is 3.67. The van der Waals surface area contributed by atoms with Crippen LogP contribution in [0.4, 0.5) is 0 Å². The maximum absolute atomic E-state index is 5.68. The first-order valence-corrected chi connectivity index (χ1v) is 7.02. The van der Waals surface area contributed by atoms with Gasteiger partial charge in [-0.2, -0.15) is 0 Å². The van der Waals surface area contributed by atoms with Crippen LogP contribution >= 0.6 is 0 Å². The van der Waals surface area contributed by atoms with E-state index in [2.05, 4.69) is 62.4 Å². The SMILES string of the molecule is CN(C)CC(C)(C)CNC1COCc2ccccc21. The zero-order valence-corrected chi connectivity index (χ0v) is 12.6. The molecule has 1 aromatic carbocycles. The third kappa shape index (κ3) is 4.03. The quantitative estimate of drug-likeness (QED) is 0.882. The Balaban J connectivity index is 1.98. The molecule has 1 aliphatic heterocycles. The smallest absolute Gasteiger partial charge is 0.0721 e. The average molecular weight is 262 g/mol. The third-order valence-electron chi connectivity index (χ3n) is 3.54. The number of ether oxygens (including phenoxy) is 1. The van der Waals surface area contributed by atoms with Gasteiger partial charge >= 0.3 is 0 Å². The van der Waals surface area contributed by atoms with E-state index in [0.717, 1.165) is 26.3 Å². The third-order valence-corrected chi connectivity index (χ3v) is 3.54. The first-order valence-electron chi connectivity index (χ1n) is 7.02. The fraction of sp³-hybridized carbons (Fsp3) is 0.625. The number of nitrogens with one attached hydrogen (secondary N) is 1. The minimum absolute atomic E-state index is 0.260. The predicted octanol–water partition coefficient (Wildman–Crippen LogP) is 2.44. The van der Waals surface area contributed by atoms with E-state index in [1.807, 2.05) is 0 Å². The highest BCUT2D eigenvalue weighted by Gasteiger charge is 2.24. The second kappa shape index (κ2) is 6.04. The van der Waals surface area contributed by atoms with Crippen LogP contribution in [0.1, 0.15) is 31.0 Å². The summed E-state index contributed by atoms with van der Waals surface area (Å²) in [6.45, 7) is 8.19. The van der Waals surface area contributed by atoms with Crippen molar-refractivity contribution in [1.82, 2.24) is 10.2 Å². The molecule has 3 nitrogen and oxygen atoms in total. The van der Waals surface area contributed by atoms with Crippen LogP contribution < -0.4 is 5.32 Å². The van der Waals surface area contributed by atoms with Gasteiger partial charge in [-0.25, -0.2) is 0 Å². The van der Waals surface area contributed by atoms with Crippen molar-refractivity contribution < 1.29 is 4.74 Å². The molecular formula is C16H26N2O. The molecule has 1 N–H and O–H groups in total. The summed E-state index contributed by atoms with van der Waals surface area (Å²) in [6, 6.07) is 8.90. The number of hydrogen-bond donors (Lipinski definition) is 1. The largest absolute Gasteiger partial charge is 0.375 e. The first-order chi connectivity index (χ1) is 8.98. The highest BCUT2D eigenvalue weighted by molar-refractivity contribution is 5.31. The Morgan fingerprint density at radius 1 is 1.32 bits per heavy atom. The lowest BCUT2D eigenvalue weighted by Crippen LogP contribution is -2.41. The van der Waals surface area contributed by atoms with Crippen molar-refractivity contribution in [2.45, 2.75) is 26.5 Å². The minimum Gasteiger partial charge on any atom is -0.375 e. The molecule has 3 heteroatoms. The summed E-state index contributed by atoms with van der Waals surface area (Å²) in [5.74, 6) is 0. The minimum atomic E-state index is 0.260. The van der Waals surface area contributed by atoms with Gasteiger partial charge in [-0.3, -0.25) is 0 Å². The van der Waals surface area contributed by atoms with Crippen LogP contribution in [0.2, 0.25) is 0 Å². The molecule has 1 aliphatic rings. The van der Waals surface area contributed by atoms with Gasteiger partial charge in [0, 0.05) is 13.1 Å². The lowest BCUT2D eigenvalue weighted by atomic mass is 9.91. The van der Waals surface area contributed by atoms with E-state index >= 15 is 0 Å². The van der Waals surface area contributed by atoms with E-state index in [-0.39, 0.29) is 5.41 Å². The molecule has 0 bridgehead atoms. The highest BCUT2D eigenvalue weighted by Crippen LogP contribution is 2.25. The molecule has 0 saturated carbocycles. The second-order valence-corrected chi connectivity index (χ2v) is 6.55. The molecule has 1 unspecified atom stereocenters. The molecule has 0 radical (unpaired) electrons. The molecule has 0 aromatic heterocycles. The molecule has 2 rings (SSSR count). The van der Waals surface area contributed by atoms with Crippen molar-refractivity contribution >= 4 is 0 Å². The van der Waals surface area contributed by atoms with Crippen LogP contribution in [0.25, 0.3) is 0 Å². The van der Waals surface area contributed by atoms with Crippen molar-refractivity contribution in [1.29, 1.82) is 0 Å². The molecule has 0 saturated heterocycles. The summed E-state index contributed by atoms with van der Waals surface area (Å²) >= 11 is 0. The van der Waals surface area contributed by atoms with E-state index < -0.39 is 0 Å². The van der Waals surface area contributed by atoms with Crippen molar-refractivity contribution in [2.75, 3.05) is 33.8 Å². The van der Waals surface area contributed by atoms with E-state index in [4.69, 9.17) is 4.74 Å². The highest BCUT2D eigenvalue weighted by atomic mass is 16.5. The first kappa shape index (κ1) is 14.5. The monoisotopic (exact) mass is 262 g/mol. The molecule has 0 spiro atoms. The molecule has 0 fully saturated rings. The molecule has 1 aromatic rings. The van der Waals surface area contributed by atoms with Gasteiger partial charge in [-0.1, -0.05) is 38.1 Å². The van der Waals surface area contributed by atoms with E-state index in [9.17, 15) is 0 Å². The van der Waals surface area contributed by atoms with Gasteiger partial charge < -0.3 is 15.0 Å². The number of fused-ring (bicyclic) bond motifs is 1. The van der Waals surface area contributed by atoms with Gasteiger partial charge in [0.15, 0.2) is 0 Å². The lowest BCUT2D eigenvalue weighted by Gasteiger charge is -2.33. The molecule has 19 heavy (non-hydrogen) atoms. The van der Waals surface area contributed by atoms with Crippen molar-refractivity contribution in [3.05, 3.63) is 35.4 Å². The van der Waals surface area contributed by atoms with Gasteiger partial charge in [0.1, 0.15) is 0 Å². The standard InChI is InChI=1S/C16H26N2O/c1-16(2,12-18(3)4)11-17-15-10-19-9-13-7-5-6-8-14(13)15/h5-8,15,17H,9-12H2,1-4H3. The van der Waals surface area contributed by atoms with E-state index in [1.54, 1.807) is 0 Å². The molecular weight excluding hydrogens is 236 g/mol. The molecule has 1 heterocycles. The summed E-state index contributed by atoms with van der Waals surface area (Å²) in [5.41, 5.74) is 2.97. The van der Waals surface area contributed by atoms with Crippen LogP contribution in [0.15, 0.2) is 24.3 Å². The van der Waals surface area contributed by atoms with Crippen LogP contribution in [-0.4, -0.2) is 38.7 Å². The number of hydrogen-bond acceptors (Lipinski definition) is 3. The fourth-order valence-electron chi connectivity index (χ4n) is 2.86. The van der Waals surface area contributed by atoms with Crippen molar-refractivity contribution in [3.63, 3.8) is 0 Å². The topological polar surface area (TPSA) is 24.5 Å². The Morgan fingerprint density at radius 2 is 2.05 bits per heavy atom. The van der Waals surface area contributed by atoms with Gasteiger partial charge in [0.05, 0.1) is 19.3 Å². The Morgan fingerprint density at radius 3 is 2.79 bits per heavy atom. The normalized spacial score (nSPS) is 19.5. The van der Waals surface area contributed by atoms with E-state index in [0.29, 0.717) is 6.04 Å². The molecule has 0 aliphatic carbocycles. The summed E-state index contributed by atoms with van der Waals surface area (Å²) in [7, 11) is 4.25. The maximum Gasteiger partial charge on any atom is 0.0721 e. The number of rotatable bonds is 5. The van der Waals surface area contributed by atoms with Crippen LogP contribution in [0, 0.1) is 5.41 Å². The van der Waals surface area contributed by atoms with Crippen molar-refractivity contribution in [3.8, 4) is 0 Å². The van der Waals surface area contributed by atoms with Gasteiger partial charge in [-0.05, 0) is 30.6 Å².